The van der Waals surface area contributed by atoms with Crippen molar-refractivity contribution in [3.8, 4) is 5.75 Å². The third-order valence-corrected chi connectivity index (χ3v) is 6.73. The number of carbonyl (C=O) groups excluding carboxylic acids is 3. The molecule has 3 rings (SSSR count). The Morgan fingerprint density at radius 2 is 1.68 bits per heavy atom. The van der Waals surface area contributed by atoms with Crippen LogP contribution < -0.4 is 20.7 Å². The Hall–Kier alpha value is -3.00. The highest BCUT2D eigenvalue weighted by Crippen LogP contribution is 2.25. The summed E-state index contributed by atoms with van der Waals surface area (Å²) in [6.45, 7) is 3.08. The summed E-state index contributed by atoms with van der Waals surface area (Å²) in [5, 5.41) is 8.59. The molecule has 3 N–H and O–H groups in total. The van der Waals surface area contributed by atoms with E-state index in [1.807, 2.05) is 19.1 Å². The van der Waals surface area contributed by atoms with Crippen LogP contribution >= 0.6 is 11.8 Å². The van der Waals surface area contributed by atoms with Crippen LogP contribution in [0.5, 0.6) is 5.75 Å². The summed E-state index contributed by atoms with van der Waals surface area (Å²) in [4.78, 5) is 37.5. The van der Waals surface area contributed by atoms with E-state index in [2.05, 4.69) is 16.0 Å². The van der Waals surface area contributed by atoms with Crippen LogP contribution in [-0.4, -0.2) is 43.2 Å². The Morgan fingerprint density at radius 1 is 0.941 bits per heavy atom. The number of amides is 3. The lowest BCUT2D eigenvalue weighted by Crippen LogP contribution is -2.31. The average molecular weight is 484 g/mol. The van der Waals surface area contributed by atoms with E-state index < -0.39 is 0 Å². The number of anilines is 1. The van der Waals surface area contributed by atoms with Crippen LogP contribution in [0.2, 0.25) is 0 Å². The first kappa shape index (κ1) is 25.6. The fourth-order valence-corrected chi connectivity index (χ4v) is 4.73. The summed E-state index contributed by atoms with van der Waals surface area (Å²) in [6, 6.07) is 14.1. The number of hydrogen-bond donors (Lipinski definition) is 3. The molecule has 1 fully saturated rings. The van der Waals surface area contributed by atoms with Crippen LogP contribution in [0.15, 0.2) is 53.4 Å². The number of likely N-dealkylation sites (N-methyl/N-ethyl adjacent to an activating group) is 1. The van der Waals surface area contributed by atoms with Crippen molar-refractivity contribution < 1.29 is 19.1 Å². The lowest BCUT2D eigenvalue weighted by Gasteiger charge is -2.21. The van der Waals surface area contributed by atoms with Crippen molar-refractivity contribution >= 4 is 35.2 Å². The smallest absolute Gasteiger partial charge is 0.257 e. The molecule has 2 aromatic rings. The fraction of sp³-hybridized carbons (Fsp3) is 0.423. The molecule has 34 heavy (non-hydrogen) atoms. The van der Waals surface area contributed by atoms with Gasteiger partial charge < -0.3 is 20.7 Å². The van der Waals surface area contributed by atoms with Crippen molar-refractivity contribution in [3.05, 3.63) is 54.1 Å². The van der Waals surface area contributed by atoms with E-state index in [1.165, 1.54) is 43.9 Å². The Bertz CT molecular complexity index is 959. The van der Waals surface area contributed by atoms with E-state index in [0.717, 1.165) is 11.4 Å². The topological polar surface area (TPSA) is 96.5 Å². The normalized spacial score (nSPS) is 13.7. The Labute approximate surface area is 205 Å². The second kappa shape index (κ2) is 13.6. The summed E-state index contributed by atoms with van der Waals surface area (Å²) in [5.41, 5.74) is 1.13. The van der Waals surface area contributed by atoms with Crippen LogP contribution in [0, 0.1) is 5.92 Å². The van der Waals surface area contributed by atoms with Gasteiger partial charge in [-0.05, 0) is 62.1 Å². The molecule has 7 nitrogen and oxygen atoms in total. The van der Waals surface area contributed by atoms with Gasteiger partial charge in [-0.2, -0.15) is 0 Å². The second-order valence-corrected chi connectivity index (χ2v) is 9.33. The highest BCUT2D eigenvalue weighted by molar-refractivity contribution is 8.00. The monoisotopic (exact) mass is 483 g/mol. The molecule has 0 atom stereocenters. The predicted molar refractivity (Wildman–Crippen MR) is 135 cm³/mol. The number of rotatable bonds is 11. The summed E-state index contributed by atoms with van der Waals surface area (Å²) in [7, 11) is 0. The van der Waals surface area contributed by atoms with Crippen LogP contribution in [0.1, 0.15) is 49.4 Å². The van der Waals surface area contributed by atoms with Crippen LogP contribution in [0.4, 0.5) is 5.69 Å². The summed E-state index contributed by atoms with van der Waals surface area (Å²) in [6.07, 6.45) is 6.19. The molecule has 0 radical (unpaired) electrons. The van der Waals surface area contributed by atoms with Gasteiger partial charge >= 0.3 is 0 Å². The third-order valence-electron chi connectivity index (χ3n) is 5.66. The molecular weight excluding hydrogens is 450 g/mol. The second-order valence-electron chi connectivity index (χ2n) is 8.31. The predicted octanol–water partition coefficient (Wildman–Crippen LogP) is 4.24. The van der Waals surface area contributed by atoms with Crippen molar-refractivity contribution in [1.29, 1.82) is 0 Å². The van der Waals surface area contributed by atoms with Crippen molar-refractivity contribution in [2.45, 2.75) is 43.9 Å². The Morgan fingerprint density at radius 3 is 2.41 bits per heavy atom. The summed E-state index contributed by atoms with van der Waals surface area (Å²) in [5.74, 6) is 0.965. The number of thioether (sulfide) groups is 1. The van der Waals surface area contributed by atoms with Crippen LogP contribution in [0.25, 0.3) is 0 Å². The van der Waals surface area contributed by atoms with Crippen molar-refractivity contribution in [2.24, 2.45) is 5.92 Å². The largest absolute Gasteiger partial charge is 0.484 e. The minimum absolute atomic E-state index is 0.00556. The molecule has 0 spiro atoms. The van der Waals surface area contributed by atoms with Gasteiger partial charge in [-0.1, -0.05) is 31.4 Å². The molecule has 2 aromatic carbocycles. The maximum absolute atomic E-state index is 12.9. The maximum Gasteiger partial charge on any atom is 0.257 e. The van der Waals surface area contributed by atoms with E-state index >= 15 is 0 Å². The molecular formula is C26H33N3O4S. The first-order chi connectivity index (χ1) is 16.5. The molecule has 0 aromatic heterocycles. The van der Waals surface area contributed by atoms with Gasteiger partial charge in [-0.3, -0.25) is 14.4 Å². The van der Waals surface area contributed by atoms with Gasteiger partial charge in [-0.25, -0.2) is 0 Å². The van der Waals surface area contributed by atoms with Crippen molar-refractivity contribution in [1.82, 2.24) is 10.6 Å². The van der Waals surface area contributed by atoms with Gasteiger partial charge in [0.2, 0.25) is 5.91 Å². The van der Waals surface area contributed by atoms with Crippen LogP contribution in [0.3, 0.4) is 0 Å². The average Bonchev–Trinajstić information content (AvgIpc) is 2.87. The van der Waals surface area contributed by atoms with Crippen LogP contribution in [-0.2, 0) is 9.59 Å². The van der Waals surface area contributed by atoms with Crippen molar-refractivity contribution in [2.75, 3.05) is 30.8 Å². The summed E-state index contributed by atoms with van der Waals surface area (Å²) < 4.78 is 5.43. The minimum Gasteiger partial charge on any atom is -0.484 e. The van der Waals surface area contributed by atoms with Gasteiger partial charge in [0.05, 0.1) is 11.3 Å². The molecule has 8 heteroatoms. The number of hydrogen-bond acceptors (Lipinski definition) is 5. The zero-order valence-electron chi connectivity index (χ0n) is 19.6. The van der Waals surface area contributed by atoms with Gasteiger partial charge in [0.15, 0.2) is 6.61 Å². The Balaban J connectivity index is 1.49. The van der Waals surface area contributed by atoms with E-state index in [0.29, 0.717) is 29.5 Å². The molecule has 0 heterocycles. The van der Waals surface area contributed by atoms with Gasteiger partial charge in [0.25, 0.3) is 11.8 Å². The maximum atomic E-state index is 12.9. The highest BCUT2D eigenvalue weighted by atomic mass is 32.2. The minimum atomic E-state index is -0.248. The molecule has 1 aliphatic carbocycles. The lowest BCUT2D eigenvalue weighted by atomic mass is 9.89. The lowest BCUT2D eigenvalue weighted by molar-refractivity contribution is -0.123. The van der Waals surface area contributed by atoms with Gasteiger partial charge in [0, 0.05) is 23.7 Å². The number of ether oxygens (including phenoxy) is 1. The number of carbonyl (C=O) groups is 3. The highest BCUT2D eigenvalue weighted by Gasteiger charge is 2.16. The fourth-order valence-electron chi connectivity index (χ4n) is 3.85. The molecule has 3 amide bonds. The molecule has 1 aliphatic rings. The first-order valence-electron chi connectivity index (χ1n) is 11.8. The molecule has 0 bridgehead atoms. The van der Waals surface area contributed by atoms with E-state index in [4.69, 9.17) is 4.74 Å². The van der Waals surface area contributed by atoms with Crippen molar-refractivity contribution in [3.63, 3.8) is 0 Å². The van der Waals surface area contributed by atoms with Gasteiger partial charge in [-0.15, -0.1) is 11.8 Å². The SMILES string of the molecule is CCNC(=O)COc1ccc(NC(=O)c2ccccc2SCC(=O)NCC2CCCCC2)cc1. The zero-order valence-corrected chi connectivity index (χ0v) is 20.4. The quantitative estimate of drug-likeness (QED) is 0.416. The molecule has 0 unspecified atom stereocenters. The van der Waals surface area contributed by atoms with E-state index in [1.54, 1.807) is 36.4 Å². The standard InChI is InChI=1S/C26H33N3O4S/c1-2-27-24(30)17-33-21-14-12-20(13-15-21)29-26(32)22-10-6-7-11-23(22)34-18-25(31)28-16-19-8-4-3-5-9-19/h6-7,10-15,19H,2-5,8-9,16-18H2,1H3,(H,27,30)(H,28,31)(H,29,32). The number of nitrogens with one attached hydrogen (secondary N) is 3. The molecule has 0 aliphatic heterocycles. The van der Waals surface area contributed by atoms with Gasteiger partial charge in [0.1, 0.15) is 5.75 Å². The molecule has 182 valence electrons. The summed E-state index contributed by atoms with van der Waals surface area (Å²) >= 11 is 1.37. The number of benzene rings is 2. The molecule has 0 saturated heterocycles. The van der Waals surface area contributed by atoms with E-state index in [9.17, 15) is 14.4 Å². The Kier molecular flexibility index (Phi) is 10.3. The first-order valence-corrected chi connectivity index (χ1v) is 12.8. The third kappa shape index (κ3) is 8.41. The zero-order chi connectivity index (χ0) is 24.2. The van der Waals surface area contributed by atoms with E-state index in [-0.39, 0.29) is 30.1 Å². The molecule has 1 saturated carbocycles.